The number of thiocarbonyl (C=S) groups is 1. The van der Waals surface area contributed by atoms with Crippen molar-refractivity contribution in [3.8, 4) is 0 Å². The van der Waals surface area contributed by atoms with Crippen LogP contribution >= 0.6 is 12.2 Å². The Labute approximate surface area is 203 Å². The van der Waals surface area contributed by atoms with E-state index in [0.717, 1.165) is 51.4 Å². The second-order valence-electron chi connectivity index (χ2n) is 9.98. The van der Waals surface area contributed by atoms with Crippen LogP contribution in [-0.2, 0) is 28.8 Å². The average Bonchev–Trinajstić information content (AvgIpc) is 3.11. The molecule has 0 bridgehead atoms. The maximum Gasteiger partial charge on any atom is 0.216 e. The molecule has 176 valence electrons. The van der Waals surface area contributed by atoms with Gasteiger partial charge in [0, 0.05) is 13.2 Å². The van der Waals surface area contributed by atoms with Crippen molar-refractivity contribution >= 4 is 23.7 Å². The van der Waals surface area contributed by atoms with Crippen LogP contribution in [0.3, 0.4) is 0 Å². The molecule has 1 amide bonds. The second kappa shape index (κ2) is 10.4. The summed E-state index contributed by atoms with van der Waals surface area (Å²) in [5, 5.41) is 4.18. The van der Waals surface area contributed by atoms with Crippen molar-refractivity contribution in [3.05, 3.63) is 70.8 Å². The van der Waals surface area contributed by atoms with Gasteiger partial charge in [-0.2, -0.15) is 0 Å². The highest BCUT2D eigenvalue weighted by molar-refractivity contribution is 7.80. The van der Waals surface area contributed by atoms with Gasteiger partial charge in [-0.05, 0) is 98.7 Å². The Kier molecular flexibility index (Phi) is 7.50. The van der Waals surface area contributed by atoms with Crippen LogP contribution < -0.4 is 5.32 Å². The van der Waals surface area contributed by atoms with Gasteiger partial charge in [-0.15, -0.1) is 0 Å². The van der Waals surface area contributed by atoms with E-state index in [4.69, 9.17) is 17.0 Å². The number of ether oxygens (including phenoxy) is 1. The number of carbonyl (C=O) groups excluding carboxylic acids is 1. The van der Waals surface area contributed by atoms with Crippen molar-refractivity contribution in [3.63, 3.8) is 0 Å². The molecule has 0 radical (unpaired) electrons. The first-order valence-corrected chi connectivity index (χ1v) is 12.6. The van der Waals surface area contributed by atoms with Gasteiger partial charge in [-0.1, -0.05) is 48.5 Å². The molecule has 2 aromatic carbocycles. The van der Waals surface area contributed by atoms with Gasteiger partial charge >= 0.3 is 0 Å². The topological polar surface area (TPSA) is 41.6 Å². The molecule has 0 heterocycles. The zero-order valence-electron chi connectivity index (χ0n) is 20.0. The van der Waals surface area contributed by atoms with Crippen LogP contribution in [-0.4, -0.2) is 35.7 Å². The van der Waals surface area contributed by atoms with Crippen molar-refractivity contribution in [2.75, 3.05) is 7.11 Å². The SMILES string of the molecule is CO[C@H]1CC[C@]2(CC1)Cc1ccc(CCc3ccccc3)cc1C2NC(=S)N(C=O)C(C)C. The number of nitrogens with zero attached hydrogens (tertiary/aromatic N) is 1. The van der Waals surface area contributed by atoms with Crippen molar-refractivity contribution in [2.45, 2.75) is 77.0 Å². The molecule has 1 unspecified atom stereocenters. The summed E-state index contributed by atoms with van der Waals surface area (Å²) in [5.74, 6) is 0. The molecule has 0 aliphatic heterocycles. The molecule has 2 aliphatic carbocycles. The molecule has 1 atom stereocenters. The minimum Gasteiger partial charge on any atom is -0.381 e. The van der Waals surface area contributed by atoms with Gasteiger partial charge in [0.05, 0.1) is 12.1 Å². The first-order chi connectivity index (χ1) is 16.0. The summed E-state index contributed by atoms with van der Waals surface area (Å²) in [6.45, 7) is 3.98. The number of hydrogen-bond acceptors (Lipinski definition) is 3. The maximum atomic E-state index is 11.7. The summed E-state index contributed by atoms with van der Waals surface area (Å²) in [6.07, 6.45) is 8.63. The third kappa shape index (κ3) is 5.15. The van der Waals surface area contributed by atoms with Gasteiger partial charge in [0.1, 0.15) is 0 Å². The maximum absolute atomic E-state index is 11.7. The van der Waals surface area contributed by atoms with E-state index in [0.29, 0.717) is 11.2 Å². The lowest BCUT2D eigenvalue weighted by molar-refractivity contribution is -0.115. The molecular weight excluding hydrogens is 428 g/mol. The quantitative estimate of drug-likeness (QED) is 0.441. The largest absolute Gasteiger partial charge is 0.381 e. The number of rotatable bonds is 7. The van der Waals surface area contributed by atoms with E-state index in [1.807, 2.05) is 21.0 Å². The summed E-state index contributed by atoms with van der Waals surface area (Å²) < 4.78 is 5.67. The molecule has 0 saturated heterocycles. The zero-order chi connectivity index (χ0) is 23.4. The van der Waals surface area contributed by atoms with Gasteiger partial charge in [0.15, 0.2) is 5.11 Å². The summed E-state index contributed by atoms with van der Waals surface area (Å²) >= 11 is 5.72. The van der Waals surface area contributed by atoms with Crippen LogP contribution in [0, 0.1) is 5.41 Å². The first kappa shape index (κ1) is 23.9. The van der Waals surface area contributed by atoms with Crippen LogP contribution in [0.15, 0.2) is 48.5 Å². The fraction of sp³-hybridized carbons (Fsp3) is 0.500. The Morgan fingerprint density at radius 1 is 1.15 bits per heavy atom. The number of hydrogen-bond donors (Lipinski definition) is 1. The molecule has 1 saturated carbocycles. The summed E-state index contributed by atoms with van der Waals surface area (Å²) in [5.41, 5.74) is 5.60. The summed E-state index contributed by atoms with van der Waals surface area (Å²) in [6, 6.07) is 17.8. The van der Waals surface area contributed by atoms with E-state index >= 15 is 0 Å². The zero-order valence-corrected chi connectivity index (χ0v) is 20.9. The molecule has 1 N–H and O–H groups in total. The number of carbonyl (C=O) groups is 1. The van der Waals surface area contributed by atoms with E-state index in [1.54, 1.807) is 4.90 Å². The lowest BCUT2D eigenvalue weighted by atomic mass is 9.68. The minimum atomic E-state index is 0.0285. The standard InChI is InChI=1S/C28H36N2O2S/c1-20(2)30(19-31)27(33)29-26-25-17-22(10-9-21-7-5-4-6-8-21)11-12-23(25)18-28(26)15-13-24(32-3)14-16-28/h4-8,11-12,17,19-20,24,26H,9-10,13-16,18H2,1-3H3,(H,29,33)/t24-,26?,28-. The van der Waals surface area contributed by atoms with Crippen LogP contribution in [0.1, 0.15) is 67.8 Å². The second-order valence-corrected chi connectivity index (χ2v) is 10.4. The molecule has 2 aromatic rings. The van der Waals surface area contributed by atoms with Crippen LogP contribution in [0.25, 0.3) is 0 Å². The van der Waals surface area contributed by atoms with E-state index in [1.165, 1.54) is 22.3 Å². The van der Waals surface area contributed by atoms with Gasteiger partial charge in [0.2, 0.25) is 6.41 Å². The highest BCUT2D eigenvalue weighted by Gasteiger charge is 2.48. The van der Waals surface area contributed by atoms with E-state index in [2.05, 4.69) is 53.8 Å². The average molecular weight is 465 g/mol. The third-order valence-electron chi connectivity index (χ3n) is 7.66. The van der Waals surface area contributed by atoms with E-state index in [-0.39, 0.29) is 17.5 Å². The number of nitrogens with one attached hydrogen (secondary N) is 1. The molecule has 2 aliphatic rings. The lowest BCUT2D eigenvalue weighted by Crippen LogP contribution is -2.48. The fourth-order valence-corrected chi connectivity index (χ4v) is 6.05. The van der Waals surface area contributed by atoms with Crippen LogP contribution in [0.2, 0.25) is 0 Å². The number of benzene rings is 2. The molecular formula is C28H36N2O2S. The predicted molar refractivity (Wildman–Crippen MR) is 137 cm³/mol. The van der Waals surface area contributed by atoms with Crippen LogP contribution in [0.4, 0.5) is 0 Å². The van der Waals surface area contributed by atoms with E-state index < -0.39 is 0 Å². The highest BCUT2D eigenvalue weighted by atomic mass is 32.1. The highest BCUT2D eigenvalue weighted by Crippen LogP contribution is 2.54. The van der Waals surface area contributed by atoms with Crippen molar-refractivity contribution in [1.82, 2.24) is 10.2 Å². The molecule has 4 rings (SSSR count). The smallest absolute Gasteiger partial charge is 0.216 e. The fourth-order valence-electron chi connectivity index (χ4n) is 5.67. The minimum absolute atomic E-state index is 0.0285. The Balaban J connectivity index is 1.60. The van der Waals surface area contributed by atoms with Gasteiger partial charge in [-0.3, -0.25) is 9.69 Å². The third-order valence-corrected chi connectivity index (χ3v) is 7.98. The van der Waals surface area contributed by atoms with Gasteiger partial charge < -0.3 is 10.1 Å². The van der Waals surface area contributed by atoms with Crippen LogP contribution in [0.5, 0.6) is 0 Å². The Morgan fingerprint density at radius 2 is 1.85 bits per heavy atom. The molecule has 1 fully saturated rings. The molecule has 33 heavy (non-hydrogen) atoms. The lowest BCUT2D eigenvalue weighted by Gasteiger charge is -2.43. The van der Waals surface area contributed by atoms with E-state index in [9.17, 15) is 4.79 Å². The van der Waals surface area contributed by atoms with Crippen molar-refractivity contribution < 1.29 is 9.53 Å². The molecule has 4 nitrogen and oxygen atoms in total. The normalized spacial score (nSPS) is 24.0. The number of methoxy groups -OCH3 is 1. The first-order valence-electron chi connectivity index (χ1n) is 12.2. The summed E-state index contributed by atoms with van der Waals surface area (Å²) in [7, 11) is 1.82. The number of amides is 1. The van der Waals surface area contributed by atoms with Crippen molar-refractivity contribution in [2.24, 2.45) is 5.41 Å². The number of aryl methyl sites for hydroxylation is 2. The molecule has 1 spiro atoms. The summed E-state index contributed by atoms with van der Waals surface area (Å²) in [4.78, 5) is 13.3. The Morgan fingerprint density at radius 3 is 2.48 bits per heavy atom. The van der Waals surface area contributed by atoms with Gasteiger partial charge in [-0.25, -0.2) is 0 Å². The molecule has 5 heteroatoms. The number of fused-ring (bicyclic) bond motifs is 1. The Bertz CT molecular complexity index is 967. The monoisotopic (exact) mass is 464 g/mol. The Hall–Kier alpha value is -2.24. The molecule has 0 aromatic heterocycles. The van der Waals surface area contributed by atoms with Crippen molar-refractivity contribution in [1.29, 1.82) is 0 Å². The van der Waals surface area contributed by atoms with Gasteiger partial charge in [0.25, 0.3) is 0 Å². The predicted octanol–water partition coefficient (Wildman–Crippen LogP) is 5.39.